The molecular formula is C23H28ClN3O2. The van der Waals surface area contributed by atoms with Gasteiger partial charge in [-0.05, 0) is 62.1 Å². The van der Waals surface area contributed by atoms with Crippen LogP contribution in [-0.2, 0) is 4.79 Å². The molecule has 1 saturated carbocycles. The number of halogens is 1. The lowest BCUT2D eigenvalue weighted by Crippen LogP contribution is -2.36. The zero-order valence-corrected chi connectivity index (χ0v) is 17.7. The molecule has 0 radical (unpaired) electrons. The predicted octanol–water partition coefficient (Wildman–Crippen LogP) is 5.07. The van der Waals surface area contributed by atoms with Crippen molar-refractivity contribution in [2.45, 2.75) is 52.0 Å². The van der Waals surface area contributed by atoms with Crippen molar-refractivity contribution in [1.29, 1.82) is 0 Å². The number of hydrogen-bond acceptors (Lipinski definition) is 3. The molecule has 0 aliphatic heterocycles. The van der Waals surface area contributed by atoms with Gasteiger partial charge in [-0.1, -0.05) is 43.0 Å². The van der Waals surface area contributed by atoms with E-state index < -0.39 is 0 Å². The lowest BCUT2D eigenvalue weighted by Gasteiger charge is -2.23. The summed E-state index contributed by atoms with van der Waals surface area (Å²) in [6.45, 7) is 4.04. The maximum absolute atomic E-state index is 12.6. The summed E-state index contributed by atoms with van der Waals surface area (Å²) in [4.78, 5) is 25.0. The molecule has 1 fully saturated rings. The highest BCUT2D eigenvalue weighted by Crippen LogP contribution is 2.23. The average Bonchev–Trinajstić information content (AvgIpc) is 2.71. The van der Waals surface area contributed by atoms with E-state index in [1.54, 1.807) is 18.2 Å². The Kier molecular flexibility index (Phi) is 7.15. The summed E-state index contributed by atoms with van der Waals surface area (Å²) in [6.07, 6.45) is 5.56. The first-order valence-electron chi connectivity index (χ1n) is 10.1. The van der Waals surface area contributed by atoms with Crippen LogP contribution in [-0.4, -0.2) is 24.4 Å². The lowest BCUT2D eigenvalue weighted by molar-refractivity contribution is -0.114. The van der Waals surface area contributed by atoms with Gasteiger partial charge in [-0.15, -0.1) is 0 Å². The van der Waals surface area contributed by atoms with Crippen LogP contribution in [0.4, 0.5) is 11.4 Å². The van der Waals surface area contributed by atoms with Gasteiger partial charge in [0.15, 0.2) is 0 Å². The Morgan fingerprint density at radius 2 is 1.79 bits per heavy atom. The van der Waals surface area contributed by atoms with E-state index in [-0.39, 0.29) is 24.4 Å². The van der Waals surface area contributed by atoms with Crippen molar-refractivity contribution >= 4 is 34.8 Å². The largest absolute Gasteiger partial charge is 0.376 e. The van der Waals surface area contributed by atoms with E-state index in [0.29, 0.717) is 16.3 Å². The van der Waals surface area contributed by atoms with Crippen molar-refractivity contribution in [3.8, 4) is 0 Å². The maximum Gasteiger partial charge on any atom is 0.253 e. The summed E-state index contributed by atoms with van der Waals surface area (Å²) >= 11 is 6.24. The van der Waals surface area contributed by atoms with Crippen LogP contribution in [0.1, 0.15) is 53.6 Å². The predicted molar refractivity (Wildman–Crippen MR) is 119 cm³/mol. The minimum Gasteiger partial charge on any atom is -0.376 e. The third-order valence-electron chi connectivity index (χ3n) is 5.27. The number of carbonyl (C=O) groups is 2. The van der Waals surface area contributed by atoms with Crippen LogP contribution in [0.15, 0.2) is 36.4 Å². The molecule has 29 heavy (non-hydrogen) atoms. The molecule has 0 aromatic heterocycles. The van der Waals surface area contributed by atoms with E-state index in [2.05, 4.69) is 16.0 Å². The Morgan fingerprint density at radius 1 is 1.03 bits per heavy atom. The average molecular weight is 414 g/mol. The Morgan fingerprint density at radius 3 is 2.55 bits per heavy atom. The minimum absolute atomic E-state index is 0.0959. The van der Waals surface area contributed by atoms with E-state index in [0.717, 1.165) is 42.5 Å². The molecule has 1 aliphatic rings. The Bertz CT molecular complexity index is 892. The fraction of sp³-hybridized carbons (Fsp3) is 0.391. The summed E-state index contributed by atoms with van der Waals surface area (Å²) in [5, 5.41) is 9.48. The molecule has 154 valence electrons. The van der Waals surface area contributed by atoms with E-state index >= 15 is 0 Å². The van der Waals surface area contributed by atoms with E-state index in [1.807, 2.05) is 32.0 Å². The van der Waals surface area contributed by atoms with E-state index in [4.69, 9.17) is 11.6 Å². The highest BCUT2D eigenvalue weighted by Gasteiger charge is 2.18. The molecule has 2 aromatic carbocycles. The molecule has 0 spiro atoms. The number of aryl methyl sites for hydroxylation is 2. The van der Waals surface area contributed by atoms with Crippen LogP contribution in [0.3, 0.4) is 0 Å². The second-order valence-electron chi connectivity index (χ2n) is 7.72. The van der Waals surface area contributed by atoms with Crippen molar-refractivity contribution in [2.75, 3.05) is 17.2 Å². The van der Waals surface area contributed by atoms with E-state index in [9.17, 15) is 9.59 Å². The molecule has 0 bridgehead atoms. The molecule has 5 nitrogen and oxygen atoms in total. The Hall–Kier alpha value is -2.53. The van der Waals surface area contributed by atoms with Gasteiger partial charge in [0.2, 0.25) is 5.91 Å². The molecule has 2 aromatic rings. The van der Waals surface area contributed by atoms with Gasteiger partial charge in [0.1, 0.15) is 0 Å². The minimum atomic E-state index is -0.162. The zero-order valence-electron chi connectivity index (χ0n) is 17.0. The molecule has 0 unspecified atom stereocenters. The zero-order chi connectivity index (χ0) is 20.8. The lowest BCUT2D eigenvalue weighted by atomic mass is 9.95. The van der Waals surface area contributed by atoms with Crippen molar-refractivity contribution in [3.63, 3.8) is 0 Å². The van der Waals surface area contributed by atoms with Crippen LogP contribution >= 0.6 is 11.6 Å². The molecular weight excluding hydrogens is 386 g/mol. The fourth-order valence-corrected chi connectivity index (χ4v) is 3.77. The molecule has 0 atom stereocenters. The topological polar surface area (TPSA) is 70.2 Å². The van der Waals surface area contributed by atoms with Crippen molar-refractivity contribution in [3.05, 3.63) is 58.1 Å². The molecule has 2 amide bonds. The molecule has 1 aliphatic carbocycles. The Balaban J connectivity index is 1.59. The molecule has 3 N–H and O–H groups in total. The van der Waals surface area contributed by atoms with Gasteiger partial charge in [-0.25, -0.2) is 0 Å². The quantitative estimate of drug-likeness (QED) is 0.619. The SMILES string of the molecule is Cc1ccc(C)c(NC(=O)CNc2ccc(Cl)c(C(=O)NC3CCCCC3)c2)c1. The van der Waals surface area contributed by atoms with Gasteiger partial charge >= 0.3 is 0 Å². The monoisotopic (exact) mass is 413 g/mol. The number of anilines is 2. The number of carbonyl (C=O) groups excluding carboxylic acids is 2. The Labute approximate surface area is 177 Å². The number of benzene rings is 2. The number of amides is 2. The summed E-state index contributed by atoms with van der Waals surface area (Å²) in [7, 11) is 0. The van der Waals surface area contributed by atoms with Crippen molar-refractivity contribution in [2.24, 2.45) is 0 Å². The van der Waals surface area contributed by atoms with Crippen molar-refractivity contribution in [1.82, 2.24) is 5.32 Å². The molecule has 6 heteroatoms. The first-order chi connectivity index (χ1) is 13.9. The van der Waals surface area contributed by atoms with Gasteiger partial charge in [-0.3, -0.25) is 9.59 Å². The van der Waals surface area contributed by atoms with Crippen molar-refractivity contribution < 1.29 is 9.59 Å². The standard InChI is InChI=1S/C23H28ClN3O2/c1-15-8-9-16(2)21(12-15)27-22(28)14-25-18-10-11-20(24)19(13-18)23(29)26-17-6-4-3-5-7-17/h8-13,17,25H,3-7,14H2,1-2H3,(H,26,29)(H,27,28). The number of hydrogen-bond donors (Lipinski definition) is 3. The normalized spacial score (nSPS) is 14.3. The van der Waals surface area contributed by atoms with Gasteiger partial charge in [0.25, 0.3) is 5.91 Å². The second-order valence-corrected chi connectivity index (χ2v) is 8.13. The van der Waals surface area contributed by atoms with Crippen LogP contribution in [0.5, 0.6) is 0 Å². The second kappa shape index (κ2) is 9.79. The summed E-state index contributed by atoms with van der Waals surface area (Å²) in [5.41, 5.74) is 4.01. The van der Waals surface area contributed by atoms with Gasteiger partial charge in [0.05, 0.1) is 17.1 Å². The highest BCUT2D eigenvalue weighted by molar-refractivity contribution is 6.34. The third kappa shape index (κ3) is 5.97. The van der Waals surface area contributed by atoms with Gasteiger partial charge < -0.3 is 16.0 Å². The first-order valence-corrected chi connectivity index (χ1v) is 10.5. The number of rotatable bonds is 6. The van der Waals surface area contributed by atoms with Gasteiger partial charge in [0, 0.05) is 17.4 Å². The summed E-state index contributed by atoms with van der Waals surface area (Å²) in [5.74, 6) is -0.313. The molecule has 3 rings (SSSR count). The maximum atomic E-state index is 12.6. The molecule has 0 heterocycles. The van der Waals surface area contributed by atoms with Crippen LogP contribution < -0.4 is 16.0 Å². The number of nitrogens with one attached hydrogen (secondary N) is 3. The first kappa shape index (κ1) is 21.2. The fourth-order valence-electron chi connectivity index (χ4n) is 3.57. The van der Waals surface area contributed by atoms with E-state index in [1.165, 1.54) is 6.42 Å². The smallest absolute Gasteiger partial charge is 0.253 e. The molecule has 0 saturated heterocycles. The summed E-state index contributed by atoms with van der Waals surface area (Å²) < 4.78 is 0. The van der Waals surface area contributed by atoms with Crippen LogP contribution in [0.25, 0.3) is 0 Å². The summed E-state index contributed by atoms with van der Waals surface area (Å²) in [6, 6.07) is 11.3. The van der Waals surface area contributed by atoms with Gasteiger partial charge in [-0.2, -0.15) is 0 Å². The van der Waals surface area contributed by atoms with Crippen LogP contribution in [0, 0.1) is 13.8 Å². The highest BCUT2D eigenvalue weighted by atomic mass is 35.5. The van der Waals surface area contributed by atoms with Crippen LogP contribution in [0.2, 0.25) is 5.02 Å². The third-order valence-corrected chi connectivity index (χ3v) is 5.60.